The van der Waals surface area contributed by atoms with Gasteiger partial charge >= 0.3 is 0 Å². The molecule has 0 bridgehead atoms. The first-order valence-corrected chi connectivity index (χ1v) is 9.30. The molecule has 9 heteroatoms. The van der Waals surface area contributed by atoms with E-state index in [0.29, 0.717) is 24.3 Å². The van der Waals surface area contributed by atoms with Gasteiger partial charge in [0.1, 0.15) is 11.8 Å². The van der Waals surface area contributed by atoms with Crippen LogP contribution in [0.15, 0.2) is 53.1 Å². The predicted molar refractivity (Wildman–Crippen MR) is 102 cm³/mol. The minimum absolute atomic E-state index is 0.00955. The summed E-state index contributed by atoms with van der Waals surface area (Å²) in [6.07, 6.45) is -1.50. The van der Waals surface area contributed by atoms with Crippen LogP contribution in [0.2, 0.25) is 0 Å². The monoisotopic (exact) mass is 401 g/mol. The van der Waals surface area contributed by atoms with Gasteiger partial charge in [-0.1, -0.05) is 18.2 Å². The van der Waals surface area contributed by atoms with Gasteiger partial charge in [0.15, 0.2) is 12.2 Å². The van der Waals surface area contributed by atoms with E-state index >= 15 is 0 Å². The Morgan fingerprint density at radius 2 is 1.86 bits per heavy atom. The minimum atomic E-state index is -1.98. The Balaban J connectivity index is 1.58. The maximum Gasteiger partial charge on any atom is 0.255 e. The Bertz CT molecular complexity index is 839. The zero-order valence-corrected chi connectivity index (χ0v) is 15.7. The topological polar surface area (TPSA) is 132 Å². The molecule has 0 spiro atoms. The van der Waals surface area contributed by atoms with E-state index in [2.05, 4.69) is 10.6 Å². The SMILES string of the molecule is O=C(NCc1ccco1)[C@H](O)[C@@H](O)C(=O)N1CCC[C@H]1C(=O)Nc1ccccc1. The molecule has 1 aliphatic rings. The second kappa shape index (κ2) is 9.35. The van der Waals surface area contributed by atoms with Crippen molar-refractivity contribution in [3.8, 4) is 0 Å². The van der Waals surface area contributed by atoms with Crippen molar-refractivity contribution in [1.82, 2.24) is 10.2 Å². The number of nitrogens with zero attached hydrogens (tertiary/aromatic N) is 1. The fourth-order valence-corrected chi connectivity index (χ4v) is 3.19. The number of hydrogen-bond donors (Lipinski definition) is 4. The molecule has 1 saturated heterocycles. The van der Waals surface area contributed by atoms with Gasteiger partial charge in [-0.2, -0.15) is 0 Å². The summed E-state index contributed by atoms with van der Waals surface area (Å²) < 4.78 is 5.06. The zero-order chi connectivity index (χ0) is 20.8. The number of nitrogens with one attached hydrogen (secondary N) is 2. The van der Waals surface area contributed by atoms with Crippen LogP contribution in [0.1, 0.15) is 18.6 Å². The third-order valence-electron chi connectivity index (χ3n) is 4.72. The maximum atomic E-state index is 12.6. The van der Waals surface area contributed by atoms with Crippen molar-refractivity contribution in [2.45, 2.75) is 37.6 Å². The Morgan fingerprint density at radius 1 is 1.10 bits per heavy atom. The van der Waals surface area contributed by atoms with Gasteiger partial charge in [-0.25, -0.2) is 0 Å². The van der Waals surface area contributed by atoms with Crippen molar-refractivity contribution in [3.63, 3.8) is 0 Å². The van der Waals surface area contributed by atoms with Crippen molar-refractivity contribution in [1.29, 1.82) is 0 Å². The molecule has 1 aromatic heterocycles. The van der Waals surface area contributed by atoms with Crippen LogP contribution in [0.3, 0.4) is 0 Å². The van der Waals surface area contributed by atoms with E-state index in [-0.39, 0.29) is 19.0 Å². The van der Waals surface area contributed by atoms with Crippen molar-refractivity contribution in [3.05, 3.63) is 54.5 Å². The molecule has 1 aliphatic heterocycles. The van der Waals surface area contributed by atoms with Gasteiger partial charge in [-0.05, 0) is 37.1 Å². The lowest BCUT2D eigenvalue weighted by molar-refractivity contribution is -0.154. The number of para-hydroxylation sites is 1. The molecule has 0 aliphatic carbocycles. The minimum Gasteiger partial charge on any atom is -0.467 e. The molecule has 4 N–H and O–H groups in total. The van der Waals surface area contributed by atoms with Gasteiger partial charge in [0.2, 0.25) is 5.91 Å². The van der Waals surface area contributed by atoms with E-state index in [0.717, 1.165) is 0 Å². The van der Waals surface area contributed by atoms with Gasteiger partial charge in [-0.3, -0.25) is 14.4 Å². The molecule has 29 heavy (non-hydrogen) atoms. The second-order valence-corrected chi connectivity index (χ2v) is 6.73. The molecule has 3 amide bonds. The normalized spacial score (nSPS) is 18.1. The number of amides is 3. The number of anilines is 1. The highest BCUT2D eigenvalue weighted by Gasteiger charge is 2.40. The molecule has 0 unspecified atom stereocenters. The molecule has 2 aromatic rings. The zero-order valence-electron chi connectivity index (χ0n) is 15.7. The van der Waals surface area contributed by atoms with E-state index in [4.69, 9.17) is 4.42 Å². The molecule has 1 aromatic carbocycles. The number of hydrogen-bond acceptors (Lipinski definition) is 6. The van der Waals surface area contributed by atoms with E-state index < -0.39 is 30.1 Å². The lowest BCUT2D eigenvalue weighted by atomic mass is 10.1. The number of likely N-dealkylation sites (tertiary alicyclic amines) is 1. The number of aliphatic hydroxyl groups is 2. The number of benzene rings is 1. The largest absolute Gasteiger partial charge is 0.467 e. The van der Waals surface area contributed by atoms with Crippen LogP contribution in [-0.2, 0) is 20.9 Å². The van der Waals surface area contributed by atoms with Gasteiger partial charge < -0.3 is 30.2 Å². The molecular formula is C20H23N3O6. The van der Waals surface area contributed by atoms with E-state index in [9.17, 15) is 24.6 Å². The van der Waals surface area contributed by atoms with Crippen LogP contribution in [0.5, 0.6) is 0 Å². The fourth-order valence-electron chi connectivity index (χ4n) is 3.19. The van der Waals surface area contributed by atoms with Crippen LogP contribution >= 0.6 is 0 Å². The molecule has 0 saturated carbocycles. The first-order chi connectivity index (χ1) is 14.0. The van der Waals surface area contributed by atoms with Crippen LogP contribution in [0, 0.1) is 0 Å². The smallest absolute Gasteiger partial charge is 0.255 e. The van der Waals surface area contributed by atoms with Gasteiger partial charge in [-0.15, -0.1) is 0 Å². The summed E-state index contributed by atoms with van der Waals surface area (Å²) in [5.74, 6) is -1.70. The van der Waals surface area contributed by atoms with Crippen molar-refractivity contribution >= 4 is 23.4 Å². The summed E-state index contributed by atoms with van der Waals surface area (Å²) in [5.41, 5.74) is 0.592. The summed E-state index contributed by atoms with van der Waals surface area (Å²) >= 11 is 0. The highest BCUT2D eigenvalue weighted by Crippen LogP contribution is 2.21. The summed E-state index contributed by atoms with van der Waals surface area (Å²) in [5, 5.41) is 25.4. The maximum absolute atomic E-state index is 12.6. The number of rotatable bonds is 7. The molecule has 154 valence electrons. The molecule has 3 atom stereocenters. The van der Waals surface area contributed by atoms with Crippen LogP contribution in [0.25, 0.3) is 0 Å². The highest BCUT2D eigenvalue weighted by molar-refractivity contribution is 5.99. The molecule has 2 heterocycles. The first kappa shape index (κ1) is 20.6. The highest BCUT2D eigenvalue weighted by atomic mass is 16.3. The summed E-state index contributed by atoms with van der Waals surface area (Å²) in [7, 11) is 0. The third-order valence-corrected chi connectivity index (χ3v) is 4.72. The van der Waals surface area contributed by atoms with Crippen LogP contribution in [-0.4, -0.2) is 57.6 Å². The average molecular weight is 401 g/mol. The number of carbonyl (C=O) groups is 3. The van der Waals surface area contributed by atoms with Gasteiger partial charge in [0.25, 0.3) is 11.8 Å². The Labute approximate surface area is 167 Å². The molecule has 3 rings (SSSR count). The number of aliphatic hydroxyl groups excluding tert-OH is 2. The molecular weight excluding hydrogens is 378 g/mol. The molecule has 1 fully saturated rings. The first-order valence-electron chi connectivity index (χ1n) is 9.30. The van der Waals surface area contributed by atoms with Gasteiger partial charge in [0, 0.05) is 12.2 Å². The fraction of sp³-hybridized carbons (Fsp3) is 0.350. The summed E-state index contributed by atoms with van der Waals surface area (Å²) in [6, 6.07) is 11.3. The van der Waals surface area contributed by atoms with Crippen molar-refractivity contribution in [2.24, 2.45) is 0 Å². The van der Waals surface area contributed by atoms with E-state index in [1.54, 1.807) is 36.4 Å². The van der Waals surface area contributed by atoms with E-state index in [1.807, 2.05) is 6.07 Å². The Hall–Kier alpha value is -3.17. The predicted octanol–water partition coefficient (Wildman–Crippen LogP) is 0.247. The standard InChI is InChI=1S/C20H23N3O6/c24-16(19(27)21-12-14-8-5-11-29-14)17(25)20(28)23-10-4-9-15(23)18(26)22-13-6-2-1-3-7-13/h1-3,5-8,11,15-17,24-25H,4,9-10,12H2,(H,21,27)(H,22,26)/t15-,16+,17+/m0/s1. The third kappa shape index (κ3) is 5.01. The molecule has 0 radical (unpaired) electrons. The van der Waals surface area contributed by atoms with Gasteiger partial charge in [0.05, 0.1) is 12.8 Å². The summed E-state index contributed by atoms with van der Waals surface area (Å²) in [4.78, 5) is 38.4. The average Bonchev–Trinajstić information content (AvgIpc) is 3.43. The number of furan rings is 1. The quantitative estimate of drug-likeness (QED) is 0.526. The van der Waals surface area contributed by atoms with Crippen LogP contribution in [0.4, 0.5) is 5.69 Å². The van der Waals surface area contributed by atoms with Crippen molar-refractivity contribution < 1.29 is 29.0 Å². The number of carbonyl (C=O) groups excluding carboxylic acids is 3. The summed E-state index contributed by atoms with van der Waals surface area (Å²) in [6.45, 7) is 0.263. The molecule has 9 nitrogen and oxygen atoms in total. The Kier molecular flexibility index (Phi) is 6.63. The second-order valence-electron chi connectivity index (χ2n) is 6.73. The van der Waals surface area contributed by atoms with Crippen LogP contribution < -0.4 is 10.6 Å². The lowest BCUT2D eigenvalue weighted by Gasteiger charge is -2.27. The van der Waals surface area contributed by atoms with Crippen molar-refractivity contribution in [2.75, 3.05) is 11.9 Å². The lowest BCUT2D eigenvalue weighted by Crippen LogP contribution is -2.53. The van der Waals surface area contributed by atoms with E-state index in [1.165, 1.54) is 11.2 Å². The Morgan fingerprint density at radius 3 is 2.55 bits per heavy atom.